The number of hydrogen-bond acceptors (Lipinski definition) is 3. The number of hydrogen-bond donors (Lipinski definition) is 0. The van der Waals surface area contributed by atoms with Crippen LogP contribution in [0, 0.1) is 5.82 Å². The van der Waals surface area contributed by atoms with Crippen LogP contribution in [0.25, 0.3) is 10.4 Å². The molecule has 15 heavy (non-hydrogen) atoms. The minimum atomic E-state index is -0.458. The number of nitrogens with zero attached hydrogens (tertiary/aromatic N) is 1. The highest BCUT2D eigenvalue weighted by atomic mass is 35.5. The van der Waals surface area contributed by atoms with Crippen molar-refractivity contribution >= 4 is 29.2 Å². The van der Waals surface area contributed by atoms with E-state index in [0.717, 1.165) is 10.4 Å². The van der Waals surface area contributed by atoms with Gasteiger partial charge in [0.15, 0.2) is 11.3 Å². The van der Waals surface area contributed by atoms with E-state index in [4.69, 9.17) is 11.6 Å². The number of carbonyl (C=O) groups is 1. The normalized spacial score (nSPS) is 10.3. The molecule has 1 aromatic carbocycles. The van der Waals surface area contributed by atoms with Crippen LogP contribution in [-0.4, -0.2) is 11.3 Å². The molecule has 5 heteroatoms. The molecule has 0 atom stereocenters. The van der Waals surface area contributed by atoms with Crippen molar-refractivity contribution in [2.75, 3.05) is 0 Å². The lowest BCUT2D eigenvalue weighted by Crippen LogP contribution is -1.77. The number of benzene rings is 1. The van der Waals surface area contributed by atoms with Crippen molar-refractivity contribution in [2.45, 2.75) is 0 Å². The summed E-state index contributed by atoms with van der Waals surface area (Å²) >= 11 is 6.88. The van der Waals surface area contributed by atoms with Crippen LogP contribution >= 0.6 is 22.9 Å². The SMILES string of the molecule is O=Cc1ncc(-c2ccc(F)c(Cl)c2)s1. The standard InChI is InChI=1S/C10H5ClFNOS/c11-7-3-6(1-2-8(7)12)9-4-13-10(5-14)15-9/h1-5H. The molecule has 0 spiro atoms. The lowest BCUT2D eigenvalue weighted by Gasteiger charge is -1.98. The van der Waals surface area contributed by atoms with E-state index in [2.05, 4.69) is 4.98 Å². The lowest BCUT2D eigenvalue weighted by molar-refractivity contribution is 0.112. The van der Waals surface area contributed by atoms with E-state index in [1.165, 1.54) is 23.5 Å². The molecular formula is C10H5ClFNOS. The first kappa shape index (κ1) is 10.3. The first-order valence-corrected chi connectivity index (χ1v) is 5.26. The van der Waals surface area contributed by atoms with Crippen LogP contribution < -0.4 is 0 Å². The summed E-state index contributed by atoms with van der Waals surface area (Å²) in [6.45, 7) is 0. The monoisotopic (exact) mass is 241 g/mol. The van der Waals surface area contributed by atoms with Crippen molar-refractivity contribution in [3.05, 3.63) is 40.2 Å². The van der Waals surface area contributed by atoms with Crippen molar-refractivity contribution < 1.29 is 9.18 Å². The fraction of sp³-hybridized carbons (Fsp3) is 0. The van der Waals surface area contributed by atoms with Crippen LogP contribution in [0.1, 0.15) is 9.80 Å². The fourth-order valence-electron chi connectivity index (χ4n) is 1.12. The number of halogens is 2. The first-order valence-electron chi connectivity index (χ1n) is 4.07. The molecule has 2 aromatic rings. The fourth-order valence-corrected chi connectivity index (χ4v) is 2.03. The molecule has 0 amide bonds. The van der Waals surface area contributed by atoms with Gasteiger partial charge in [0.05, 0.1) is 9.90 Å². The highest BCUT2D eigenvalue weighted by molar-refractivity contribution is 7.16. The molecule has 1 heterocycles. The summed E-state index contributed by atoms with van der Waals surface area (Å²) in [5.74, 6) is -0.458. The highest BCUT2D eigenvalue weighted by Gasteiger charge is 2.06. The van der Waals surface area contributed by atoms with E-state index < -0.39 is 5.82 Å². The van der Waals surface area contributed by atoms with Gasteiger partial charge < -0.3 is 0 Å². The number of aromatic nitrogens is 1. The molecule has 0 fully saturated rings. The average Bonchev–Trinajstić information content (AvgIpc) is 2.70. The third-order valence-corrected chi connectivity index (χ3v) is 3.09. The molecule has 0 unspecified atom stereocenters. The van der Waals surface area contributed by atoms with Gasteiger partial charge in [0, 0.05) is 6.20 Å². The Bertz CT molecular complexity index is 512. The molecule has 0 aliphatic carbocycles. The molecule has 76 valence electrons. The van der Waals surface area contributed by atoms with E-state index in [9.17, 15) is 9.18 Å². The van der Waals surface area contributed by atoms with Gasteiger partial charge in [0.25, 0.3) is 0 Å². The molecule has 1 aromatic heterocycles. The van der Waals surface area contributed by atoms with Gasteiger partial charge >= 0.3 is 0 Å². The van der Waals surface area contributed by atoms with E-state index in [1.807, 2.05) is 0 Å². The molecule has 0 radical (unpaired) electrons. The topological polar surface area (TPSA) is 30.0 Å². The second-order valence-electron chi connectivity index (χ2n) is 2.81. The van der Waals surface area contributed by atoms with Crippen LogP contribution in [0.2, 0.25) is 5.02 Å². The van der Waals surface area contributed by atoms with Crippen LogP contribution in [0.5, 0.6) is 0 Å². The summed E-state index contributed by atoms with van der Waals surface area (Å²) in [5, 5.41) is 0.457. The summed E-state index contributed by atoms with van der Waals surface area (Å²) in [6.07, 6.45) is 2.25. The van der Waals surface area contributed by atoms with Crippen molar-refractivity contribution in [3.63, 3.8) is 0 Å². The zero-order valence-electron chi connectivity index (χ0n) is 7.41. The van der Waals surface area contributed by atoms with Gasteiger partial charge in [0.2, 0.25) is 0 Å². The zero-order chi connectivity index (χ0) is 10.8. The molecule has 0 saturated heterocycles. The Morgan fingerprint density at radius 2 is 2.27 bits per heavy atom. The maximum absolute atomic E-state index is 12.9. The molecule has 0 bridgehead atoms. The maximum atomic E-state index is 12.9. The minimum absolute atomic E-state index is 0.0635. The van der Waals surface area contributed by atoms with Crippen molar-refractivity contribution in [1.82, 2.24) is 4.98 Å². The third kappa shape index (κ3) is 2.06. The molecule has 0 aliphatic rings. The molecular weight excluding hydrogens is 237 g/mol. The van der Waals surface area contributed by atoms with Gasteiger partial charge in [-0.2, -0.15) is 0 Å². The van der Waals surface area contributed by atoms with E-state index in [-0.39, 0.29) is 5.02 Å². The minimum Gasteiger partial charge on any atom is -0.295 e. The van der Waals surface area contributed by atoms with Gasteiger partial charge in [-0.25, -0.2) is 9.37 Å². The Labute approximate surface area is 94.3 Å². The van der Waals surface area contributed by atoms with Gasteiger partial charge in [-0.15, -0.1) is 11.3 Å². The first-order chi connectivity index (χ1) is 7.20. The van der Waals surface area contributed by atoms with Crippen LogP contribution in [0.4, 0.5) is 4.39 Å². The van der Waals surface area contributed by atoms with Gasteiger partial charge in [-0.05, 0) is 17.7 Å². The molecule has 2 nitrogen and oxygen atoms in total. The zero-order valence-corrected chi connectivity index (χ0v) is 8.98. The van der Waals surface area contributed by atoms with Crippen molar-refractivity contribution in [1.29, 1.82) is 0 Å². The molecule has 0 N–H and O–H groups in total. The Balaban J connectivity index is 2.44. The number of carbonyl (C=O) groups excluding carboxylic acids is 1. The summed E-state index contributed by atoms with van der Waals surface area (Å²) in [4.78, 5) is 15.1. The lowest BCUT2D eigenvalue weighted by atomic mass is 10.2. The molecule has 0 saturated carbocycles. The second-order valence-corrected chi connectivity index (χ2v) is 4.28. The summed E-state index contributed by atoms with van der Waals surface area (Å²) in [5.41, 5.74) is 0.756. The number of thiazole rings is 1. The van der Waals surface area contributed by atoms with E-state index >= 15 is 0 Å². The second kappa shape index (κ2) is 4.08. The maximum Gasteiger partial charge on any atom is 0.178 e. The quantitative estimate of drug-likeness (QED) is 0.754. The summed E-state index contributed by atoms with van der Waals surface area (Å²) in [6, 6.07) is 4.40. The smallest absolute Gasteiger partial charge is 0.178 e. The highest BCUT2D eigenvalue weighted by Crippen LogP contribution is 2.28. The van der Waals surface area contributed by atoms with Crippen LogP contribution in [-0.2, 0) is 0 Å². The van der Waals surface area contributed by atoms with E-state index in [1.54, 1.807) is 12.3 Å². The predicted molar refractivity (Wildman–Crippen MR) is 57.9 cm³/mol. The Hall–Kier alpha value is -1.26. The number of aldehydes is 1. The average molecular weight is 242 g/mol. The van der Waals surface area contributed by atoms with Crippen LogP contribution in [0.15, 0.2) is 24.4 Å². The van der Waals surface area contributed by atoms with Crippen molar-refractivity contribution in [2.24, 2.45) is 0 Å². The Morgan fingerprint density at radius 1 is 1.47 bits per heavy atom. The Kier molecular flexibility index (Phi) is 2.79. The summed E-state index contributed by atoms with van der Waals surface area (Å²) < 4.78 is 12.9. The van der Waals surface area contributed by atoms with Gasteiger partial charge in [-0.1, -0.05) is 17.7 Å². The molecule has 2 rings (SSSR count). The van der Waals surface area contributed by atoms with Gasteiger partial charge in [0.1, 0.15) is 5.82 Å². The van der Waals surface area contributed by atoms with Gasteiger partial charge in [-0.3, -0.25) is 4.79 Å². The van der Waals surface area contributed by atoms with Crippen LogP contribution in [0.3, 0.4) is 0 Å². The van der Waals surface area contributed by atoms with Crippen molar-refractivity contribution in [3.8, 4) is 10.4 Å². The predicted octanol–water partition coefficient (Wildman–Crippen LogP) is 3.42. The largest absolute Gasteiger partial charge is 0.295 e. The third-order valence-electron chi connectivity index (χ3n) is 1.83. The summed E-state index contributed by atoms with van der Waals surface area (Å²) in [7, 11) is 0. The van der Waals surface area contributed by atoms with E-state index in [0.29, 0.717) is 11.3 Å². The number of rotatable bonds is 2. The Morgan fingerprint density at radius 3 is 2.87 bits per heavy atom. The molecule has 0 aliphatic heterocycles.